The van der Waals surface area contributed by atoms with Gasteiger partial charge in [-0.2, -0.15) is 5.26 Å². The largest absolute Gasteiger partial charge is 0.489 e. The van der Waals surface area contributed by atoms with E-state index in [0.29, 0.717) is 35.2 Å². The first-order chi connectivity index (χ1) is 16.1. The minimum Gasteiger partial charge on any atom is -0.489 e. The zero-order chi connectivity index (χ0) is 23.0. The van der Waals surface area contributed by atoms with E-state index in [4.69, 9.17) is 21.6 Å². The van der Waals surface area contributed by atoms with Crippen LogP contribution in [0.5, 0.6) is 5.75 Å². The van der Waals surface area contributed by atoms with Crippen LogP contribution in [0.15, 0.2) is 78.2 Å². The summed E-state index contributed by atoms with van der Waals surface area (Å²) in [5.74, 6) is 0.548. The van der Waals surface area contributed by atoms with Crippen molar-refractivity contribution in [1.82, 2.24) is 4.98 Å². The van der Waals surface area contributed by atoms with E-state index in [1.807, 2.05) is 78.2 Å². The number of carbonyl (C=O) groups is 1. The maximum Gasteiger partial charge on any atom is 0.230 e. The predicted octanol–water partition coefficient (Wildman–Crippen LogP) is 6.29. The van der Waals surface area contributed by atoms with Gasteiger partial charge in [0.2, 0.25) is 5.91 Å². The molecule has 0 aliphatic carbocycles. The summed E-state index contributed by atoms with van der Waals surface area (Å²) in [4.78, 5) is 17.3. The van der Waals surface area contributed by atoms with E-state index in [1.54, 1.807) is 0 Å². The monoisotopic (exact) mass is 473 g/mol. The number of anilines is 1. The molecule has 33 heavy (non-hydrogen) atoms. The summed E-state index contributed by atoms with van der Waals surface area (Å²) in [5.41, 5.74) is 4.06. The molecule has 0 atom stereocenters. The highest BCUT2D eigenvalue weighted by Crippen LogP contribution is 2.30. The Morgan fingerprint density at radius 2 is 1.82 bits per heavy atom. The number of hydrogen-bond acceptors (Lipinski definition) is 5. The third-order valence-electron chi connectivity index (χ3n) is 4.89. The molecule has 0 bridgehead atoms. The number of halogens is 1. The Kier molecular flexibility index (Phi) is 7.36. The van der Waals surface area contributed by atoms with Gasteiger partial charge in [0.1, 0.15) is 17.4 Å². The van der Waals surface area contributed by atoms with E-state index >= 15 is 0 Å². The van der Waals surface area contributed by atoms with E-state index in [-0.39, 0.29) is 12.3 Å². The average Bonchev–Trinajstić information content (AvgIpc) is 3.28. The first-order valence-corrected chi connectivity index (χ1v) is 11.5. The quantitative estimate of drug-likeness (QED) is 0.326. The second-order valence-corrected chi connectivity index (χ2v) is 8.54. The van der Waals surface area contributed by atoms with Crippen molar-refractivity contribution < 1.29 is 9.53 Å². The van der Waals surface area contributed by atoms with Gasteiger partial charge >= 0.3 is 0 Å². The van der Waals surface area contributed by atoms with Crippen LogP contribution >= 0.6 is 22.9 Å². The first kappa shape index (κ1) is 22.5. The zero-order valence-electron chi connectivity index (χ0n) is 17.6. The Hall–Kier alpha value is -3.66. The van der Waals surface area contributed by atoms with E-state index in [0.717, 1.165) is 21.7 Å². The highest BCUT2D eigenvalue weighted by atomic mass is 35.5. The molecule has 1 heterocycles. The maximum absolute atomic E-state index is 12.7. The number of benzene rings is 3. The van der Waals surface area contributed by atoms with Crippen molar-refractivity contribution in [2.45, 2.75) is 19.4 Å². The fourth-order valence-corrected chi connectivity index (χ4v) is 4.37. The van der Waals surface area contributed by atoms with Crippen molar-refractivity contribution in [3.8, 4) is 22.4 Å². The normalized spacial score (nSPS) is 10.4. The molecule has 0 radical (unpaired) electrons. The van der Waals surface area contributed by atoms with Crippen molar-refractivity contribution in [3.05, 3.63) is 100 Å². The number of aromatic nitrogens is 1. The SMILES string of the molecule is N#CCc1ccc(OCc2ccccc2NC(=O)Cc2csc(-c3ccccc3Cl)n2)cc1. The van der Waals surface area contributed by atoms with Crippen LogP contribution < -0.4 is 10.1 Å². The van der Waals surface area contributed by atoms with E-state index in [1.165, 1.54) is 11.3 Å². The second-order valence-electron chi connectivity index (χ2n) is 7.27. The van der Waals surface area contributed by atoms with Crippen molar-refractivity contribution in [2.24, 2.45) is 0 Å². The van der Waals surface area contributed by atoms with Crippen molar-refractivity contribution in [2.75, 3.05) is 5.32 Å². The van der Waals surface area contributed by atoms with Gasteiger partial charge in [-0.05, 0) is 29.8 Å². The lowest BCUT2D eigenvalue weighted by Crippen LogP contribution is -2.16. The topological polar surface area (TPSA) is 75.0 Å². The maximum atomic E-state index is 12.7. The summed E-state index contributed by atoms with van der Waals surface area (Å²) >= 11 is 7.72. The summed E-state index contributed by atoms with van der Waals surface area (Å²) in [6, 6.07) is 24.6. The number of thiazole rings is 1. The number of rotatable bonds is 8. The van der Waals surface area contributed by atoms with Crippen molar-refractivity contribution in [1.29, 1.82) is 5.26 Å². The van der Waals surface area contributed by atoms with Crippen LogP contribution in [0.2, 0.25) is 5.02 Å². The van der Waals surface area contributed by atoms with Gasteiger partial charge in [-0.1, -0.05) is 60.1 Å². The molecule has 4 rings (SSSR count). The molecule has 3 aromatic carbocycles. The summed E-state index contributed by atoms with van der Waals surface area (Å²) in [6.07, 6.45) is 0.532. The number of nitriles is 1. The third kappa shape index (κ3) is 5.98. The minimum atomic E-state index is -0.153. The molecule has 1 amide bonds. The molecule has 1 N–H and O–H groups in total. The van der Waals surface area contributed by atoms with E-state index < -0.39 is 0 Å². The molecule has 0 saturated heterocycles. The molecule has 0 saturated carbocycles. The first-order valence-electron chi connectivity index (χ1n) is 10.3. The van der Waals surface area contributed by atoms with Crippen LogP contribution in [0.3, 0.4) is 0 Å². The van der Waals surface area contributed by atoms with Gasteiger partial charge in [-0.25, -0.2) is 4.98 Å². The molecule has 4 aromatic rings. The molecule has 5 nitrogen and oxygen atoms in total. The Bertz CT molecular complexity index is 1300. The molecule has 7 heteroatoms. The molecular formula is C26H20ClN3O2S. The summed E-state index contributed by atoms with van der Waals surface area (Å²) < 4.78 is 5.87. The van der Waals surface area contributed by atoms with Gasteiger partial charge in [0.05, 0.1) is 29.6 Å². The highest BCUT2D eigenvalue weighted by Gasteiger charge is 2.13. The van der Waals surface area contributed by atoms with Crippen LogP contribution in [0.1, 0.15) is 16.8 Å². The van der Waals surface area contributed by atoms with E-state index in [2.05, 4.69) is 16.4 Å². The minimum absolute atomic E-state index is 0.153. The number of carbonyl (C=O) groups excluding carboxylic acids is 1. The number of nitrogens with zero attached hydrogens (tertiary/aromatic N) is 2. The lowest BCUT2D eigenvalue weighted by molar-refractivity contribution is -0.115. The smallest absolute Gasteiger partial charge is 0.230 e. The number of amides is 1. The van der Waals surface area contributed by atoms with Gasteiger partial charge in [-0.15, -0.1) is 11.3 Å². The number of nitrogens with one attached hydrogen (secondary N) is 1. The van der Waals surface area contributed by atoms with Crippen LogP contribution in [0.4, 0.5) is 5.69 Å². The third-order valence-corrected chi connectivity index (χ3v) is 6.14. The standard InChI is InChI=1S/C26H20ClN3O2S/c27-23-7-3-2-6-22(23)26-29-20(17-33-26)15-25(31)30-24-8-4-1-5-19(24)16-32-21-11-9-18(10-12-21)13-14-28/h1-12,17H,13,15-16H2,(H,30,31). The van der Waals surface area contributed by atoms with Gasteiger partial charge in [0.25, 0.3) is 0 Å². The zero-order valence-corrected chi connectivity index (χ0v) is 19.2. The van der Waals surface area contributed by atoms with Gasteiger partial charge in [0.15, 0.2) is 0 Å². The Morgan fingerprint density at radius 3 is 2.61 bits per heavy atom. The van der Waals surface area contributed by atoms with Gasteiger partial charge in [-0.3, -0.25) is 4.79 Å². The molecule has 0 unspecified atom stereocenters. The number of hydrogen-bond donors (Lipinski definition) is 1. The summed E-state index contributed by atoms with van der Waals surface area (Å²) in [6.45, 7) is 0.307. The van der Waals surface area contributed by atoms with Crippen LogP contribution in [-0.4, -0.2) is 10.9 Å². The van der Waals surface area contributed by atoms with Gasteiger partial charge < -0.3 is 10.1 Å². The molecular weight excluding hydrogens is 454 g/mol. The molecule has 0 aliphatic heterocycles. The molecule has 0 fully saturated rings. The summed E-state index contributed by atoms with van der Waals surface area (Å²) in [5, 5.41) is 15.0. The molecule has 164 valence electrons. The number of ether oxygens (including phenoxy) is 1. The van der Waals surface area contributed by atoms with Gasteiger partial charge in [0, 0.05) is 22.2 Å². The second kappa shape index (κ2) is 10.8. The Balaban J connectivity index is 1.38. The fourth-order valence-electron chi connectivity index (χ4n) is 3.23. The Labute approximate surface area is 201 Å². The van der Waals surface area contributed by atoms with Crippen LogP contribution in [0.25, 0.3) is 10.6 Å². The van der Waals surface area contributed by atoms with Crippen molar-refractivity contribution >= 4 is 34.5 Å². The highest BCUT2D eigenvalue weighted by molar-refractivity contribution is 7.13. The average molecular weight is 474 g/mol. The predicted molar refractivity (Wildman–Crippen MR) is 131 cm³/mol. The number of para-hydroxylation sites is 1. The Morgan fingerprint density at radius 1 is 1.06 bits per heavy atom. The lowest BCUT2D eigenvalue weighted by Gasteiger charge is -2.12. The van der Waals surface area contributed by atoms with Crippen LogP contribution in [0, 0.1) is 11.3 Å². The lowest BCUT2D eigenvalue weighted by atomic mass is 10.1. The van der Waals surface area contributed by atoms with Crippen LogP contribution in [-0.2, 0) is 24.2 Å². The molecule has 0 spiro atoms. The van der Waals surface area contributed by atoms with E-state index in [9.17, 15) is 4.79 Å². The van der Waals surface area contributed by atoms with Crippen molar-refractivity contribution in [3.63, 3.8) is 0 Å². The summed E-state index contributed by atoms with van der Waals surface area (Å²) in [7, 11) is 0. The molecule has 1 aromatic heterocycles. The molecule has 0 aliphatic rings. The fraction of sp³-hybridized carbons (Fsp3) is 0.115.